The van der Waals surface area contributed by atoms with Gasteiger partial charge in [0.05, 0.1) is 0 Å². The van der Waals surface area contributed by atoms with Gasteiger partial charge < -0.3 is 0 Å². The number of hydrogen-bond acceptors (Lipinski definition) is 1. The molecule has 0 nitrogen and oxygen atoms in total. The summed E-state index contributed by atoms with van der Waals surface area (Å²) in [6.45, 7) is 0. The van der Waals surface area contributed by atoms with E-state index < -0.39 is 14.9 Å². The van der Waals surface area contributed by atoms with Gasteiger partial charge in [-0.3, -0.25) is 0 Å². The van der Waals surface area contributed by atoms with Crippen LogP contribution >= 0.6 is 42.3 Å². The van der Waals surface area contributed by atoms with Crippen molar-refractivity contribution in [3.05, 3.63) is 81.3 Å². The Bertz CT molecular complexity index is 1100. The number of benzene rings is 3. The Balaban J connectivity index is 1.80. The summed E-state index contributed by atoms with van der Waals surface area (Å²) in [4.78, 5) is 0. The van der Waals surface area contributed by atoms with Crippen LogP contribution < -0.4 is 6.54 Å². The standard InChI is InChI=1S/C13H9.C9H8Br.2ClH.H2S.Zr/c1-3-7-12-10(5-1)9-11-6-2-4-8-13(11)12;10-9-6-2-4-7-3-1-5-8(7)9;;;;/h1-7H,9H2;2,6H,1,3,5H2;2*1H;1H2;/q;;;;;+3/p-3. The average Bonchev–Trinajstić information content (AvgIpc) is 3.26. The molecule has 0 N–H and O–H groups in total. The van der Waals surface area contributed by atoms with Crippen LogP contribution in [0.1, 0.15) is 28.7 Å². The second-order valence-electron chi connectivity index (χ2n) is 7.55. The Labute approximate surface area is 180 Å². The first kappa shape index (κ1) is 18.9. The molecule has 0 bridgehead atoms. The van der Waals surface area contributed by atoms with Gasteiger partial charge in [-0.1, -0.05) is 0 Å². The minimum absolute atomic E-state index is 0.935. The predicted octanol–water partition coefficient (Wildman–Crippen LogP) is 6.30. The van der Waals surface area contributed by atoms with E-state index >= 15 is 0 Å². The van der Waals surface area contributed by atoms with Crippen LogP contribution in [0.4, 0.5) is 0 Å². The molecule has 0 radical (unpaired) electrons. The van der Waals surface area contributed by atoms with Crippen molar-refractivity contribution in [1.29, 1.82) is 0 Å². The van der Waals surface area contributed by atoms with Crippen LogP contribution in [0.3, 0.4) is 0 Å². The summed E-state index contributed by atoms with van der Waals surface area (Å²) in [5.41, 5.74) is 7.79. The summed E-state index contributed by atoms with van der Waals surface area (Å²) in [7, 11) is 20.1. The number of fused-ring (bicyclic) bond motifs is 4. The fourth-order valence-electron chi connectivity index (χ4n) is 4.75. The maximum atomic E-state index is 7.45. The topological polar surface area (TPSA) is 0 Å². The molecule has 5 heteroatoms. The van der Waals surface area contributed by atoms with Crippen LogP contribution in [0.2, 0.25) is 0 Å². The molecule has 3 aromatic carbocycles. The molecular weight excluding hydrogens is 538 g/mol. The molecule has 0 spiro atoms. The number of halogens is 3. The first-order chi connectivity index (χ1) is 12.9. The van der Waals surface area contributed by atoms with Gasteiger partial charge in [-0.15, -0.1) is 0 Å². The molecule has 137 valence electrons. The molecule has 0 unspecified atom stereocenters. The van der Waals surface area contributed by atoms with E-state index in [2.05, 4.69) is 70.5 Å². The Hall–Kier alpha value is -0.0469. The van der Waals surface area contributed by atoms with Crippen molar-refractivity contribution in [2.75, 3.05) is 0 Å². The first-order valence-corrected chi connectivity index (χ1v) is 22.5. The summed E-state index contributed by atoms with van der Waals surface area (Å²) in [5.74, 6) is 0. The molecule has 5 rings (SSSR count). The van der Waals surface area contributed by atoms with Crippen molar-refractivity contribution >= 4 is 48.9 Å². The van der Waals surface area contributed by atoms with Gasteiger partial charge in [0.15, 0.2) is 0 Å². The minimum atomic E-state index is -4.73. The first-order valence-electron chi connectivity index (χ1n) is 9.19. The van der Waals surface area contributed by atoms with Gasteiger partial charge >= 0.3 is 182 Å². The Morgan fingerprint density at radius 3 is 2.41 bits per heavy atom. The number of thiol groups is 1. The van der Waals surface area contributed by atoms with Gasteiger partial charge in [0.25, 0.3) is 0 Å². The molecule has 0 fully saturated rings. The molecular formula is C22H18BrCl2SZr. The van der Waals surface area contributed by atoms with Gasteiger partial charge in [0.2, 0.25) is 0 Å². The van der Waals surface area contributed by atoms with E-state index in [0.717, 1.165) is 36.7 Å². The molecule has 2 aliphatic carbocycles. The van der Waals surface area contributed by atoms with Crippen molar-refractivity contribution in [1.82, 2.24) is 0 Å². The third kappa shape index (κ3) is 2.88. The average molecular weight is 556 g/mol. The van der Waals surface area contributed by atoms with E-state index in [9.17, 15) is 0 Å². The fraction of sp³-hybridized carbons (Fsp3) is 0.182. The zero-order chi connectivity index (χ0) is 18.8. The van der Waals surface area contributed by atoms with E-state index in [4.69, 9.17) is 26.4 Å². The number of rotatable bonds is 2. The normalized spacial score (nSPS) is 16.4. The van der Waals surface area contributed by atoms with Crippen molar-refractivity contribution < 1.29 is 14.9 Å². The van der Waals surface area contributed by atoms with E-state index in [1.54, 1.807) is 0 Å². The molecule has 0 atom stereocenters. The van der Waals surface area contributed by atoms with Gasteiger partial charge in [0.1, 0.15) is 0 Å². The molecule has 0 aromatic heterocycles. The molecule has 0 heterocycles. The zero-order valence-electron chi connectivity index (χ0n) is 14.6. The number of hydrogen-bond donors (Lipinski definition) is 1. The third-order valence-electron chi connectivity index (χ3n) is 5.96. The SMILES string of the molecule is [SH][Zr]([Cl])([Cl])([c]1ccc(Br)c2c1CCC2)[c]1cccc2c1-c1ccccc1C2. The van der Waals surface area contributed by atoms with E-state index in [1.807, 2.05) is 0 Å². The van der Waals surface area contributed by atoms with Crippen LogP contribution in [0, 0.1) is 0 Å². The van der Waals surface area contributed by atoms with E-state index in [1.165, 1.54) is 33.4 Å². The maximum absolute atomic E-state index is 7.45. The molecule has 2 aliphatic rings. The van der Waals surface area contributed by atoms with Crippen molar-refractivity contribution in [2.45, 2.75) is 25.7 Å². The fourth-order valence-corrected chi connectivity index (χ4v) is 17.9. The second kappa shape index (κ2) is 6.48. The second-order valence-corrected chi connectivity index (χ2v) is 34.3. The molecule has 27 heavy (non-hydrogen) atoms. The van der Waals surface area contributed by atoms with Crippen molar-refractivity contribution in [2.24, 2.45) is 0 Å². The van der Waals surface area contributed by atoms with Crippen LogP contribution in [0.25, 0.3) is 11.1 Å². The Morgan fingerprint density at radius 1 is 0.815 bits per heavy atom. The Morgan fingerprint density at radius 2 is 1.56 bits per heavy atom. The summed E-state index contributed by atoms with van der Waals surface area (Å²) >= 11 is -1.03. The summed E-state index contributed by atoms with van der Waals surface area (Å²) < 4.78 is 3.31. The van der Waals surface area contributed by atoms with E-state index in [-0.39, 0.29) is 0 Å². The molecule has 3 aromatic rings. The van der Waals surface area contributed by atoms with Gasteiger partial charge in [0, 0.05) is 0 Å². The van der Waals surface area contributed by atoms with Crippen LogP contribution in [-0.2, 0) is 34.2 Å². The summed E-state index contributed by atoms with van der Waals surface area (Å²) in [5, 5.41) is 0. The summed E-state index contributed by atoms with van der Waals surface area (Å²) in [6.07, 6.45) is 4.18. The monoisotopic (exact) mass is 553 g/mol. The van der Waals surface area contributed by atoms with E-state index in [0.29, 0.717) is 0 Å². The van der Waals surface area contributed by atoms with Gasteiger partial charge in [-0.05, 0) is 0 Å². The van der Waals surface area contributed by atoms with Crippen molar-refractivity contribution in [3.63, 3.8) is 0 Å². The van der Waals surface area contributed by atoms with Gasteiger partial charge in [-0.25, -0.2) is 0 Å². The Kier molecular flexibility index (Phi) is 4.54. The molecule has 0 saturated carbocycles. The quantitative estimate of drug-likeness (QED) is 0.275. The predicted molar refractivity (Wildman–Crippen MR) is 121 cm³/mol. The zero-order valence-corrected chi connectivity index (χ0v) is 21.1. The molecule has 0 amide bonds. The summed E-state index contributed by atoms with van der Waals surface area (Å²) in [6, 6.07) is 19.2. The molecule has 0 aliphatic heterocycles. The van der Waals surface area contributed by atoms with Crippen molar-refractivity contribution in [3.8, 4) is 11.1 Å². The van der Waals surface area contributed by atoms with Crippen LogP contribution in [0.15, 0.2) is 59.1 Å². The van der Waals surface area contributed by atoms with Gasteiger partial charge in [-0.2, -0.15) is 0 Å². The van der Waals surface area contributed by atoms with Crippen LogP contribution in [-0.4, -0.2) is 0 Å². The molecule has 0 saturated heterocycles. The third-order valence-corrected chi connectivity index (χ3v) is 21.1. The van der Waals surface area contributed by atoms with Crippen LogP contribution in [0.5, 0.6) is 0 Å².